The molecule has 0 radical (unpaired) electrons. The van der Waals surface area contributed by atoms with Gasteiger partial charge in [0.2, 0.25) is 5.91 Å². The maximum Gasteiger partial charge on any atom is 0.220 e. The Morgan fingerprint density at radius 1 is 1.35 bits per heavy atom. The summed E-state index contributed by atoms with van der Waals surface area (Å²) in [5.41, 5.74) is 0. The van der Waals surface area contributed by atoms with E-state index in [4.69, 9.17) is 4.74 Å². The monoisotopic (exact) mass is 284 g/mol. The highest BCUT2D eigenvalue weighted by Gasteiger charge is 2.20. The fourth-order valence-electron chi connectivity index (χ4n) is 2.62. The lowest BCUT2D eigenvalue weighted by molar-refractivity contribution is -0.122. The molecule has 1 fully saturated rings. The number of hydrogen-bond donors (Lipinski definition) is 1. The van der Waals surface area contributed by atoms with E-state index in [0.29, 0.717) is 18.4 Å². The van der Waals surface area contributed by atoms with Gasteiger partial charge in [0, 0.05) is 26.1 Å². The second-order valence-electron chi connectivity index (χ2n) is 6.11. The Labute approximate surface area is 124 Å². The second-order valence-corrected chi connectivity index (χ2v) is 6.11. The van der Waals surface area contributed by atoms with E-state index in [2.05, 4.69) is 31.0 Å². The van der Waals surface area contributed by atoms with Gasteiger partial charge >= 0.3 is 0 Å². The molecule has 4 nitrogen and oxygen atoms in total. The molecule has 1 rings (SSSR count). The molecule has 1 amide bonds. The SMILES string of the molecule is CCCNC(=O)CC1CCN(CCCOC(C)C)CC1. The van der Waals surface area contributed by atoms with Crippen molar-refractivity contribution in [2.24, 2.45) is 5.92 Å². The van der Waals surface area contributed by atoms with Gasteiger partial charge in [0.1, 0.15) is 0 Å². The first kappa shape index (κ1) is 17.4. The van der Waals surface area contributed by atoms with Crippen LogP contribution in [0.15, 0.2) is 0 Å². The third-order valence-corrected chi connectivity index (χ3v) is 3.82. The van der Waals surface area contributed by atoms with Crippen molar-refractivity contribution in [1.29, 1.82) is 0 Å². The number of rotatable bonds is 9. The van der Waals surface area contributed by atoms with Gasteiger partial charge in [-0.1, -0.05) is 6.92 Å². The Balaban J connectivity index is 2.06. The molecule has 0 saturated carbocycles. The van der Waals surface area contributed by atoms with Gasteiger partial charge in [-0.2, -0.15) is 0 Å². The fraction of sp³-hybridized carbons (Fsp3) is 0.938. The fourth-order valence-corrected chi connectivity index (χ4v) is 2.62. The number of ether oxygens (including phenoxy) is 1. The average molecular weight is 284 g/mol. The second kappa shape index (κ2) is 10.2. The van der Waals surface area contributed by atoms with Crippen LogP contribution in [0.25, 0.3) is 0 Å². The maximum absolute atomic E-state index is 11.7. The summed E-state index contributed by atoms with van der Waals surface area (Å²) in [6, 6.07) is 0. The van der Waals surface area contributed by atoms with E-state index in [9.17, 15) is 4.79 Å². The van der Waals surface area contributed by atoms with Crippen molar-refractivity contribution >= 4 is 5.91 Å². The van der Waals surface area contributed by atoms with Crippen LogP contribution in [0.1, 0.15) is 52.9 Å². The maximum atomic E-state index is 11.7. The molecule has 0 aromatic rings. The van der Waals surface area contributed by atoms with E-state index in [1.165, 1.54) is 0 Å². The normalized spacial score (nSPS) is 17.6. The van der Waals surface area contributed by atoms with Crippen molar-refractivity contribution in [1.82, 2.24) is 10.2 Å². The standard InChI is InChI=1S/C16H32N2O2/c1-4-8-17-16(19)13-15-6-10-18(11-7-15)9-5-12-20-14(2)3/h14-15H,4-13H2,1-3H3,(H,17,19). The summed E-state index contributed by atoms with van der Waals surface area (Å²) in [4.78, 5) is 14.2. The zero-order valence-electron chi connectivity index (χ0n) is 13.5. The summed E-state index contributed by atoms with van der Waals surface area (Å²) < 4.78 is 5.56. The van der Waals surface area contributed by atoms with Crippen LogP contribution in [0.3, 0.4) is 0 Å². The van der Waals surface area contributed by atoms with Gasteiger partial charge in [-0.3, -0.25) is 4.79 Å². The van der Waals surface area contributed by atoms with Crippen molar-refractivity contribution in [2.45, 2.75) is 59.0 Å². The van der Waals surface area contributed by atoms with Crippen molar-refractivity contribution in [3.63, 3.8) is 0 Å². The lowest BCUT2D eigenvalue weighted by Gasteiger charge is -2.31. The van der Waals surface area contributed by atoms with Crippen LogP contribution in [-0.2, 0) is 9.53 Å². The number of carbonyl (C=O) groups excluding carboxylic acids is 1. The quantitative estimate of drug-likeness (QED) is 0.661. The van der Waals surface area contributed by atoms with Crippen LogP contribution in [0.2, 0.25) is 0 Å². The highest BCUT2D eigenvalue weighted by molar-refractivity contribution is 5.76. The van der Waals surface area contributed by atoms with Gasteiger partial charge in [-0.15, -0.1) is 0 Å². The van der Waals surface area contributed by atoms with Crippen LogP contribution < -0.4 is 5.32 Å². The first-order valence-electron chi connectivity index (χ1n) is 8.22. The molecule has 4 heteroatoms. The number of carbonyl (C=O) groups is 1. The lowest BCUT2D eigenvalue weighted by Crippen LogP contribution is -2.36. The van der Waals surface area contributed by atoms with E-state index in [-0.39, 0.29) is 5.91 Å². The van der Waals surface area contributed by atoms with Gasteiger partial charge in [0.15, 0.2) is 0 Å². The molecule has 1 heterocycles. The number of nitrogens with zero attached hydrogens (tertiary/aromatic N) is 1. The van der Waals surface area contributed by atoms with Gasteiger partial charge in [0.25, 0.3) is 0 Å². The Kier molecular flexibility index (Phi) is 8.86. The van der Waals surface area contributed by atoms with Gasteiger partial charge in [0.05, 0.1) is 6.10 Å². The van der Waals surface area contributed by atoms with E-state index in [0.717, 1.165) is 58.5 Å². The summed E-state index contributed by atoms with van der Waals surface area (Å²) in [5.74, 6) is 0.811. The lowest BCUT2D eigenvalue weighted by atomic mass is 9.93. The molecular weight excluding hydrogens is 252 g/mol. The highest BCUT2D eigenvalue weighted by atomic mass is 16.5. The molecule has 0 bridgehead atoms. The Bertz CT molecular complexity index is 261. The van der Waals surface area contributed by atoms with Crippen molar-refractivity contribution < 1.29 is 9.53 Å². The topological polar surface area (TPSA) is 41.6 Å². The highest BCUT2D eigenvalue weighted by Crippen LogP contribution is 2.20. The predicted molar refractivity (Wildman–Crippen MR) is 82.8 cm³/mol. The zero-order valence-corrected chi connectivity index (χ0v) is 13.5. The van der Waals surface area contributed by atoms with Crippen LogP contribution in [0.4, 0.5) is 0 Å². The number of likely N-dealkylation sites (tertiary alicyclic amines) is 1. The van der Waals surface area contributed by atoms with E-state index < -0.39 is 0 Å². The van der Waals surface area contributed by atoms with Crippen molar-refractivity contribution in [3.8, 4) is 0 Å². The van der Waals surface area contributed by atoms with Crippen LogP contribution in [-0.4, -0.2) is 49.7 Å². The summed E-state index contributed by atoms with van der Waals surface area (Å²) >= 11 is 0. The third-order valence-electron chi connectivity index (χ3n) is 3.82. The Morgan fingerprint density at radius 3 is 2.65 bits per heavy atom. The third kappa shape index (κ3) is 7.85. The summed E-state index contributed by atoms with van der Waals surface area (Å²) in [6.07, 6.45) is 5.49. The average Bonchev–Trinajstić information content (AvgIpc) is 2.43. The number of piperidine rings is 1. The molecule has 1 saturated heterocycles. The molecule has 1 N–H and O–H groups in total. The zero-order chi connectivity index (χ0) is 14.8. The minimum Gasteiger partial charge on any atom is -0.379 e. The molecule has 0 unspecified atom stereocenters. The molecule has 0 aromatic heterocycles. The molecule has 1 aliphatic heterocycles. The summed E-state index contributed by atoms with van der Waals surface area (Å²) in [5, 5.41) is 2.97. The van der Waals surface area contributed by atoms with Crippen LogP contribution in [0.5, 0.6) is 0 Å². The van der Waals surface area contributed by atoms with Crippen molar-refractivity contribution in [2.75, 3.05) is 32.8 Å². The largest absolute Gasteiger partial charge is 0.379 e. The van der Waals surface area contributed by atoms with E-state index >= 15 is 0 Å². The number of nitrogens with one attached hydrogen (secondary N) is 1. The van der Waals surface area contributed by atoms with E-state index in [1.54, 1.807) is 0 Å². The molecule has 118 valence electrons. The first-order chi connectivity index (χ1) is 9.61. The molecule has 0 atom stereocenters. The molecule has 0 aromatic carbocycles. The smallest absolute Gasteiger partial charge is 0.220 e. The van der Waals surface area contributed by atoms with Gasteiger partial charge in [-0.25, -0.2) is 0 Å². The first-order valence-corrected chi connectivity index (χ1v) is 8.22. The minimum absolute atomic E-state index is 0.232. The van der Waals surface area contributed by atoms with Crippen LogP contribution >= 0.6 is 0 Å². The summed E-state index contributed by atoms with van der Waals surface area (Å²) in [7, 11) is 0. The molecule has 1 aliphatic rings. The Morgan fingerprint density at radius 2 is 2.05 bits per heavy atom. The Hall–Kier alpha value is -0.610. The summed E-state index contributed by atoms with van der Waals surface area (Å²) in [6.45, 7) is 11.3. The number of amides is 1. The predicted octanol–water partition coefficient (Wildman–Crippen LogP) is 2.43. The van der Waals surface area contributed by atoms with Crippen molar-refractivity contribution in [3.05, 3.63) is 0 Å². The minimum atomic E-state index is 0.232. The van der Waals surface area contributed by atoms with E-state index in [1.807, 2.05) is 0 Å². The number of hydrogen-bond acceptors (Lipinski definition) is 3. The van der Waals surface area contributed by atoms with Gasteiger partial charge < -0.3 is 15.0 Å². The molecular formula is C16H32N2O2. The molecule has 0 spiro atoms. The molecule has 20 heavy (non-hydrogen) atoms. The molecule has 0 aliphatic carbocycles. The van der Waals surface area contributed by atoms with Gasteiger partial charge in [-0.05, 0) is 58.5 Å². The van der Waals surface area contributed by atoms with Crippen LogP contribution in [0, 0.1) is 5.92 Å².